The fourth-order valence-electron chi connectivity index (χ4n) is 2.98. The molecular formula is C17H12FN3O2S. The smallest absolute Gasteiger partial charge is 0.209 e. The van der Waals surface area contributed by atoms with Gasteiger partial charge in [-0.05, 0) is 31.4 Å². The molecule has 1 aliphatic carbocycles. The summed E-state index contributed by atoms with van der Waals surface area (Å²) >= 11 is 1.22. The Kier molecular flexibility index (Phi) is 3.62. The minimum atomic E-state index is -1.05. The van der Waals surface area contributed by atoms with Crippen LogP contribution in [0.15, 0.2) is 22.7 Å². The Morgan fingerprint density at radius 3 is 3.04 bits per heavy atom. The van der Waals surface area contributed by atoms with Crippen molar-refractivity contribution in [1.29, 1.82) is 5.26 Å². The van der Waals surface area contributed by atoms with Crippen LogP contribution in [0.3, 0.4) is 0 Å². The summed E-state index contributed by atoms with van der Waals surface area (Å²) in [5, 5.41) is 13.8. The Hall–Kier alpha value is -2.59. The van der Waals surface area contributed by atoms with Gasteiger partial charge in [0.15, 0.2) is 11.6 Å². The maximum absolute atomic E-state index is 13.3. The number of aromatic nitrogens is 2. The van der Waals surface area contributed by atoms with Crippen LogP contribution in [0.5, 0.6) is 0 Å². The number of halogens is 1. The molecule has 2 aromatic heterocycles. The van der Waals surface area contributed by atoms with Crippen LogP contribution < -0.4 is 0 Å². The summed E-state index contributed by atoms with van der Waals surface area (Å²) in [6, 6.07) is 6.24. The standard InChI is InChI=1S/C17H12FN3O2S/c18-9-5-6-14-12(7-9)20-17(24-14)11(8-19)16(22)15-10-3-1-2-4-13(10)23-21-15/h5-7,11H,1-4H2/t11-/m1/s1. The van der Waals surface area contributed by atoms with Gasteiger partial charge in [-0.25, -0.2) is 9.37 Å². The van der Waals surface area contributed by atoms with Crippen LogP contribution in [0.1, 0.15) is 45.6 Å². The van der Waals surface area contributed by atoms with E-state index in [-0.39, 0.29) is 5.69 Å². The molecule has 0 unspecified atom stereocenters. The van der Waals surface area contributed by atoms with E-state index in [4.69, 9.17) is 4.52 Å². The van der Waals surface area contributed by atoms with Gasteiger partial charge in [-0.3, -0.25) is 4.79 Å². The Morgan fingerprint density at radius 2 is 2.21 bits per heavy atom. The highest BCUT2D eigenvalue weighted by atomic mass is 32.1. The Bertz CT molecular complexity index is 986. The molecule has 4 rings (SSSR count). The van der Waals surface area contributed by atoms with Gasteiger partial charge < -0.3 is 4.52 Å². The molecule has 0 fully saturated rings. The van der Waals surface area contributed by atoms with Gasteiger partial charge >= 0.3 is 0 Å². The van der Waals surface area contributed by atoms with Crippen molar-refractivity contribution in [2.45, 2.75) is 31.6 Å². The summed E-state index contributed by atoms with van der Waals surface area (Å²) in [5.74, 6) is -1.11. The molecule has 0 aliphatic heterocycles. The molecule has 1 aliphatic rings. The summed E-state index contributed by atoms with van der Waals surface area (Å²) in [6.07, 6.45) is 3.50. The Balaban J connectivity index is 1.73. The summed E-state index contributed by atoms with van der Waals surface area (Å²) in [7, 11) is 0. The zero-order chi connectivity index (χ0) is 16.7. The number of ketones is 1. The second-order valence-corrected chi connectivity index (χ2v) is 6.79. The second kappa shape index (κ2) is 5.80. The number of Topliss-reactive ketones (excluding diaryl/α,β-unsaturated/α-hetero) is 1. The van der Waals surface area contributed by atoms with Crippen molar-refractivity contribution in [3.05, 3.63) is 46.0 Å². The van der Waals surface area contributed by atoms with Crippen LogP contribution in [0.2, 0.25) is 0 Å². The highest BCUT2D eigenvalue weighted by Crippen LogP contribution is 2.32. The van der Waals surface area contributed by atoms with E-state index in [1.807, 2.05) is 6.07 Å². The minimum Gasteiger partial charge on any atom is -0.360 e. The molecule has 0 bridgehead atoms. The average Bonchev–Trinajstić information content (AvgIpc) is 3.18. The van der Waals surface area contributed by atoms with E-state index in [0.29, 0.717) is 10.5 Å². The topological polar surface area (TPSA) is 79.8 Å². The van der Waals surface area contributed by atoms with E-state index in [9.17, 15) is 14.4 Å². The molecule has 7 heteroatoms. The second-order valence-electron chi connectivity index (χ2n) is 5.73. The number of benzene rings is 1. The van der Waals surface area contributed by atoms with E-state index < -0.39 is 17.5 Å². The minimum absolute atomic E-state index is 0.238. The number of thiazole rings is 1. The van der Waals surface area contributed by atoms with Crippen LogP contribution in [-0.2, 0) is 12.8 Å². The van der Waals surface area contributed by atoms with E-state index >= 15 is 0 Å². The van der Waals surface area contributed by atoms with E-state index in [2.05, 4.69) is 10.1 Å². The van der Waals surface area contributed by atoms with Crippen molar-refractivity contribution in [3.63, 3.8) is 0 Å². The number of aryl methyl sites for hydroxylation is 1. The first kappa shape index (κ1) is 15.0. The number of rotatable bonds is 3. The van der Waals surface area contributed by atoms with E-state index in [1.165, 1.54) is 23.5 Å². The lowest BCUT2D eigenvalue weighted by Gasteiger charge is -2.09. The number of hydrogen-bond acceptors (Lipinski definition) is 6. The van der Waals surface area contributed by atoms with Crippen LogP contribution in [0.4, 0.5) is 4.39 Å². The number of nitrogens with zero attached hydrogens (tertiary/aromatic N) is 3. The largest absolute Gasteiger partial charge is 0.360 e. The molecule has 0 saturated heterocycles. The van der Waals surface area contributed by atoms with Crippen LogP contribution in [0, 0.1) is 17.1 Å². The van der Waals surface area contributed by atoms with Crippen LogP contribution >= 0.6 is 11.3 Å². The number of fused-ring (bicyclic) bond motifs is 2. The van der Waals surface area contributed by atoms with Gasteiger partial charge in [0.1, 0.15) is 16.6 Å². The van der Waals surface area contributed by atoms with Crippen molar-refractivity contribution in [3.8, 4) is 6.07 Å². The molecule has 0 spiro atoms. The molecule has 0 radical (unpaired) electrons. The summed E-state index contributed by atoms with van der Waals surface area (Å²) in [6.45, 7) is 0. The highest BCUT2D eigenvalue weighted by Gasteiger charge is 2.32. The lowest BCUT2D eigenvalue weighted by Crippen LogP contribution is -2.14. The molecule has 0 saturated carbocycles. The van der Waals surface area contributed by atoms with Crippen LogP contribution in [-0.4, -0.2) is 15.9 Å². The zero-order valence-corrected chi connectivity index (χ0v) is 13.4. The molecule has 3 aromatic rings. The lowest BCUT2D eigenvalue weighted by molar-refractivity contribution is 0.0969. The molecule has 0 N–H and O–H groups in total. The third-order valence-corrected chi connectivity index (χ3v) is 5.29. The predicted octanol–water partition coefficient (Wildman–Crippen LogP) is 3.79. The maximum Gasteiger partial charge on any atom is 0.209 e. The first-order chi connectivity index (χ1) is 11.7. The van der Waals surface area contributed by atoms with Crippen molar-refractivity contribution in [2.75, 3.05) is 0 Å². The van der Waals surface area contributed by atoms with Crippen molar-refractivity contribution >= 4 is 27.3 Å². The third-order valence-electron chi connectivity index (χ3n) is 4.19. The quantitative estimate of drug-likeness (QED) is 0.677. The number of nitriles is 1. The molecular weight excluding hydrogens is 329 g/mol. The van der Waals surface area contributed by atoms with Crippen molar-refractivity contribution < 1.29 is 13.7 Å². The van der Waals surface area contributed by atoms with Gasteiger partial charge in [-0.2, -0.15) is 5.26 Å². The highest BCUT2D eigenvalue weighted by molar-refractivity contribution is 7.18. The molecule has 1 aromatic carbocycles. The maximum atomic E-state index is 13.3. The van der Waals surface area contributed by atoms with Gasteiger partial charge in [0.05, 0.1) is 16.3 Å². The Labute approximate surface area is 140 Å². The zero-order valence-electron chi connectivity index (χ0n) is 12.6. The predicted molar refractivity (Wildman–Crippen MR) is 85.4 cm³/mol. The lowest BCUT2D eigenvalue weighted by atomic mass is 9.92. The van der Waals surface area contributed by atoms with Gasteiger partial charge in [-0.1, -0.05) is 5.16 Å². The SMILES string of the molecule is N#C[C@H](C(=O)c1noc2c1CCCC2)c1nc2cc(F)ccc2s1. The fourth-order valence-corrected chi connectivity index (χ4v) is 3.98. The normalized spacial score (nSPS) is 15.0. The third kappa shape index (κ3) is 2.39. The fraction of sp³-hybridized carbons (Fsp3) is 0.294. The summed E-state index contributed by atoms with van der Waals surface area (Å²) in [5.41, 5.74) is 1.51. The molecule has 2 heterocycles. The average molecular weight is 341 g/mol. The molecule has 1 atom stereocenters. The Morgan fingerprint density at radius 1 is 1.38 bits per heavy atom. The van der Waals surface area contributed by atoms with Gasteiger partial charge in [0.25, 0.3) is 0 Å². The number of carbonyl (C=O) groups is 1. The molecule has 120 valence electrons. The number of hydrogen-bond donors (Lipinski definition) is 0. The van der Waals surface area contributed by atoms with Crippen molar-refractivity contribution in [1.82, 2.24) is 10.1 Å². The van der Waals surface area contributed by atoms with Gasteiger partial charge in [0, 0.05) is 18.1 Å². The van der Waals surface area contributed by atoms with Gasteiger partial charge in [0.2, 0.25) is 5.78 Å². The molecule has 0 amide bonds. The summed E-state index contributed by atoms with van der Waals surface area (Å²) < 4.78 is 19.3. The van der Waals surface area contributed by atoms with Crippen molar-refractivity contribution in [2.24, 2.45) is 0 Å². The monoisotopic (exact) mass is 341 g/mol. The van der Waals surface area contributed by atoms with E-state index in [1.54, 1.807) is 6.07 Å². The summed E-state index contributed by atoms with van der Waals surface area (Å²) in [4.78, 5) is 17.1. The first-order valence-corrected chi connectivity index (χ1v) is 8.46. The first-order valence-electron chi connectivity index (χ1n) is 7.64. The van der Waals surface area contributed by atoms with Crippen LogP contribution in [0.25, 0.3) is 10.2 Å². The van der Waals surface area contributed by atoms with E-state index in [0.717, 1.165) is 41.7 Å². The molecule has 24 heavy (non-hydrogen) atoms. The molecule has 5 nitrogen and oxygen atoms in total. The van der Waals surface area contributed by atoms with Gasteiger partial charge in [-0.15, -0.1) is 11.3 Å². The number of carbonyl (C=O) groups excluding carboxylic acids is 1.